The molecule has 2 rings (SSSR count). The van der Waals surface area contributed by atoms with Crippen molar-refractivity contribution in [2.24, 2.45) is 5.92 Å². The van der Waals surface area contributed by atoms with E-state index in [0.717, 1.165) is 35.0 Å². The number of para-hydroxylation sites is 1. The molecule has 1 fully saturated rings. The highest BCUT2D eigenvalue weighted by molar-refractivity contribution is 9.10. The van der Waals surface area contributed by atoms with Crippen LogP contribution in [0.25, 0.3) is 0 Å². The lowest BCUT2D eigenvalue weighted by molar-refractivity contribution is 0.279. The minimum absolute atomic E-state index is 0.658. The number of hydrogen-bond donors (Lipinski definition) is 1. The molecule has 0 saturated heterocycles. The highest BCUT2D eigenvalue weighted by Crippen LogP contribution is 2.34. The molecule has 0 spiro atoms. The molecule has 0 amide bonds. The van der Waals surface area contributed by atoms with Crippen LogP contribution in [-0.2, 0) is 0 Å². The number of nitrogens with one attached hydrogen (secondary N) is 1. The van der Waals surface area contributed by atoms with Crippen molar-refractivity contribution in [1.29, 1.82) is 0 Å². The third kappa shape index (κ3) is 4.67. The van der Waals surface area contributed by atoms with E-state index in [2.05, 4.69) is 21.2 Å². The third-order valence-corrected chi connectivity index (χ3v) is 4.46. The van der Waals surface area contributed by atoms with Gasteiger partial charge in [-0.25, -0.2) is 0 Å². The van der Waals surface area contributed by atoms with Gasteiger partial charge in [-0.3, -0.25) is 0 Å². The summed E-state index contributed by atoms with van der Waals surface area (Å²) < 4.78 is 12.1. The van der Waals surface area contributed by atoms with Crippen molar-refractivity contribution in [3.63, 3.8) is 0 Å². The fourth-order valence-electron chi connectivity index (χ4n) is 2.71. The number of methoxy groups -OCH3 is 1. The quantitative estimate of drug-likeness (QED) is 0.760. The fourth-order valence-corrected chi connectivity index (χ4v) is 3.18. The number of ether oxygens (including phenoxy) is 2. The van der Waals surface area contributed by atoms with Crippen LogP contribution in [0.1, 0.15) is 32.1 Å². The van der Waals surface area contributed by atoms with Gasteiger partial charge in [-0.05, 0) is 53.4 Å². The lowest BCUT2D eigenvalue weighted by Gasteiger charge is -2.21. The summed E-state index contributed by atoms with van der Waals surface area (Å²) in [6.07, 6.45) is 6.98. The highest BCUT2D eigenvalue weighted by Gasteiger charge is 2.12. The van der Waals surface area contributed by atoms with Crippen molar-refractivity contribution >= 4 is 15.9 Å². The molecule has 1 aromatic carbocycles. The van der Waals surface area contributed by atoms with Crippen molar-refractivity contribution in [2.45, 2.75) is 32.1 Å². The highest BCUT2D eigenvalue weighted by atomic mass is 79.9. The van der Waals surface area contributed by atoms with E-state index in [1.165, 1.54) is 32.1 Å². The van der Waals surface area contributed by atoms with Crippen molar-refractivity contribution in [1.82, 2.24) is 5.32 Å². The van der Waals surface area contributed by atoms with Crippen molar-refractivity contribution in [3.05, 3.63) is 22.7 Å². The Morgan fingerprint density at radius 1 is 1.25 bits per heavy atom. The summed E-state index contributed by atoms with van der Waals surface area (Å²) in [4.78, 5) is 0. The van der Waals surface area contributed by atoms with Crippen LogP contribution in [0.2, 0.25) is 0 Å². The Hall–Kier alpha value is -0.740. The van der Waals surface area contributed by atoms with Crippen molar-refractivity contribution in [3.8, 4) is 11.5 Å². The predicted molar refractivity (Wildman–Crippen MR) is 85.6 cm³/mol. The molecule has 0 aliphatic heterocycles. The molecule has 0 aromatic heterocycles. The van der Waals surface area contributed by atoms with Crippen LogP contribution in [0.4, 0.5) is 0 Å². The van der Waals surface area contributed by atoms with Crippen molar-refractivity contribution < 1.29 is 9.47 Å². The summed E-state index contributed by atoms with van der Waals surface area (Å²) in [6, 6.07) is 5.82. The monoisotopic (exact) mass is 341 g/mol. The van der Waals surface area contributed by atoms with E-state index in [0.29, 0.717) is 6.61 Å². The predicted octanol–water partition coefficient (Wildman–Crippen LogP) is 4.01. The second kappa shape index (κ2) is 8.53. The summed E-state index contributed by atoms with van der Waals surface area (Å²) >= 11 is 3.49. The number of hydrogen-bond acceptors (Lipinski definition) is 3. The zero-order chi connectivity index (χ0) is 14.2. The van der Waals surface area contributed by atoms with Gasteiger partial charge in [0.15, 0.2) is 11.5 Å². The summed E-state index contributed by atoms with van der Waals surface area (Å²) in [5.41, 5.74) is 0. The maximum Gasteiger partial charge on any atom is 0.175 e. The molecular formula is C16H24BrNO2. The van der Waals surface area contributed by atoms with Gasteiger partial charge in [-0.2, -0.15) is 0 Å². The van der Waals surface area contributed by atoms with Gasteiger partial charge in [-0.1, -0.05) is 25.3 Å². The van der Waals surface area contributed by atoms with E-state index in [9.17, 15) is 0 Å². The second-order valence-corrected chi connectivity index (χ2v) is 6.18. The Kier molecular flexibility index (Phi) is 6.67. The lowest BCUT2D eigenvalue weighted by atomic mass is 9.89. The van der Waals surface area contributed by atoms with Gasteiger partial charge in [-0.15, -0.1) is 0 Å². The first-order valence-electron chi connectivity index (χ1n) is 7.47. The average molecular weight is 342 g/mol. The molecule has 0 unspecified atom stereocenters. The molecule has 1 saturated carbocycles. The van der Waals surface area contributed by atoms with Gasteiger partial charge >= 0.3 is 0 Å². The Morgan fingerprint density at radius 2 is 2.05 bits per heavy atom. The van der Waals surface area contributed by atoms with Crippen LogP contribution in [0.15, 0.2) is 22.7 Å². The van der Waals surface area contributed by atoms with Crippen molar-refractivity contribution in [2.75, 3.05) is 26.8 Å². The van der Waals surface area contributed by atoms with E-state index in [1.807, 2.05) is 18.2 Å². The zero-order valence-electron chi connectivity index (χ0n) is 12.2. The van der Waals surface area contributed by atoms with Crippen LogP contribution in [0.3, 0.4) is 0 Å². The first-order chi connectivity index (χ1) is 9.81. The number of rotatable bonds is 7. The maximum atomic E-state index is 5.81. The summed E-state index contributed by atoms with van der Waals surface area (Å²) in [6.45, 7) is 2.66. The minimum Gasteiger partial charge on any atom is -0.493 e. The molecular weight excluding hydrogens is 318 g/mol. The molecule has 1 N–H and O–H groups in total. The Labute approximate surface area is 130 Å². The number of benzene rings is 1. The molecule has 112 valence electrons. The SMILES string of the molecule is COc1cccc(Br)c1OCCNCC1CCCCC1. The van der Waals surface area contributed by atoms with Crippen LogP contribution < -0.4 is 14.8 Å². The molecule has 3 nitrogen and oxygen atoms in total. The first-order valence-corrected chi connectivity index (χ1v) is 8.26. The maximum absolute atomic E-state index is 5.81. The smallest absolute Gasteiger partial charge is 0.175 e. The molecule has 0 atom stereocenters. The van der Waals surface area contributed by atoms with Crippen LogP contribution in [-0.4, -0.2) is 26.8 Å². The Morgan fingerprint density at radius 3 is 2.80 bits per heavy atom. The van der Waals surface area contributed by atoms with Gasteiger partial charge in [0, 0.05) is 6.54 Å². The molecule has 0 heterocycles. The molecule has 0 bridgehead atoms. The van der Waals surface area contributed by atoms with Crippen LogP contribution in [0, 0.1) is 5.92 Å². The van der Waals surface area contributed by atoms with Gasteiger partial charge in [0.2, 0.25) is 0 Å². The van der Waals surface area contributed by atoms with Crippen LogP contribution >= 0.6 is 15.9 Å². The molecule has 1 aliphatic carbocycles. The molecule has 0 radical (unpaired) electrons. The summed E-state index contributed by atoms with van der Waals surface area (Å²) in [7, 11) is 1.66. The third-order valence-electron chi connectivity index (χ3n) is 3.83. The largest absolute Gasteiger partial charge is 0.493 e. The standard InChI is InChI=1S/C16H24BrNO2/c1-19-15-9-5-8-14(17)16(15)20-11-10-18-12-13-6-3-2-4-7-13/h5,8-9,13,18H,2-4,6-7,10-12H2,1H3. The van der Waals surface area contributed by atoms with Gasteiger partial charge in [0.05, 0.1) is 11.6 Å². The fraction of sp³-hybridized carbons (Fsp3) is 0.625. The lowest BCUT2D eigenvalue weighted by Crippen LogP contribution is -2.28. The molecule has 20 heavy (non-hydrogen) atoms. The minimum atomic E-state index is 0.658. The van der Waals surface area contributed by atoms with E-state index >= 15 is 0 Å². The second-order valence-electron chi connectivity index (χ2n) is 5.33. The van der Waals surface area contributed by atoms with Crippen LogP contribution in [0.5, 0.6) is 11.5 Å². The molecule has 1 aliphatic rings. The summed E-state index contributed by atoms with van der Waals surface area (Å²) in [5.74, 6) is 2.42. The Bertz CT molecular complexity index is 405. The molecule has 1 aromatic rings. The summed E-state index contributed by atoms with van der Waals surface area (Å²) in [5, 5.41) is 3.50. The van der Waals surface area contributed by atoms with E-state index < -0.39 is 0 Å². The first kappa shape index (κ1) is 15.6. The number of halogens is 1. The average Bonchev–Trinajstić information content (AvgIpc) is 2.49. The topological polar surface area (TPSA) is 30.5 Å². The van der Waals surface area contributed by atoms with Gasteiger partial charge in [0.1, 0.15) is 6.61 Å². The Balaban J connectivity index is 1.68. The van der Waals surface area contributed by atoms with Gasteiger partial charge < -0.3 is 14.8 Å². The zero-order valence-corrected chi connectivity index (χ0v) is 13.7. The van der Waals surface area contributed by atoms with E-state index in [4.69, 9.17) is 9.47 Å². The van der Waals surface area contributed by atoms with E-state index in [-0.39, 0.29) is 0 Å². The molecule has 4 heteroatoms. The normalized spacial score (nSPS) is 16.1. The van der Waals surface area contributed by atoms with E-state index in [1.54, 1.807) is 7.11 Å². The van der Waals surface area contributed by atoms with Gasteiger partial charge in [0.25, 0.3) is 0 Å².